The van der Waals surface area contributed by atoms with Crippen molar-refractivity contribution in [2.45, 2.75) is 53.6 Å². The van der Waals surface area contributed by atoms with Crippen LogP contribution in [0.3, 0.4) is 0 Å². The maximum atomic E-state index is 5.36. The molecule has 14 heavy (non-hydrogen) atoms. The molecule has 0 atom stereocenters. The monoisotopic (exact) mass is 216 g/mol. The van der Waals surface area contributed by atoms with Crippen LogP contribution in [-0.4, -0.2) is 28.6 Å². The highest BCUT2D eigenvalue weighted by molar-refractivity contribution is 7.80. The van der Waals surface area contributed by atoms with Crippen LogP contribution >= 0.6 is 12.2 Å². The van der Waals surface area contributed by atoms with Crippen molar-refractivity contribution in [1.82, 2.24) is 10.2 Å². The summed E-state index contributed by atoms with van der Waals surface area (Å²) in [7, 11) is 0. The molecule has 0 heterocycles. The molecular formula is C11H24N2S. The van der Waals surface area contributed by atoms with Crippen molar-refractivity contribution in [2.24, 2.45) is 5.92 Å². The molecule has 0 bridgehead atoms. The van der Waals surface area contributed by atoms with E-state index in [9.17, 15) is 0 Å². The van der Waals surface area contributed by atoms with Gasteiger partial charge in [-0.15, -0.1) is 0 Å². The second kappa shape index (κ2) is 6.23. The topological polar surface area (TPSA) is 15.3 Å². The van der Waals surface area contributed by atoms with E-state index < -0.39 is 0 Å². The molecule has 0 aromatic rings. The fourth-order valence-corrected chi connectivity index (χ4v) is 1.77. The summed E-state index contributed by atoms with van der Waals surface area (Å²) in [5, 5.41) is 4.17. The minimum Gasteiger partial charge on any atom is -0.360 e. The van der Waals surface area contributed by atoms with Crippen molar-refractivity contribution in [3.8, 4) is 0 Å². The third kappa shape index (κ3) is 5.43. The fraction of sp³-hybridized carbons (Fsp3) is 0.909. The van der Waals surface area contributed by atoms with Gasteiger partial charge in [-0.2, -0.15) is 0 Å². The molecule has 3 heteroatoms. The third-order valence-electron chi connectivity index (χ3n) is 1.86. The molecular weight excluding hydrogens is 192 g/mol. The summed E-state index contributed by atoms with van der Waals surface area (Å²) in [6.45, 7) is 14.0. The molecule has 0 spiro atoms. The Labute approximate surface area is 94.1 Å². The van der Waals surface area contributed by atoms with Gasteiger partial charge in [-0.05, 0) is 45.8 Å². The van der Waals surface area contributed by atoms with Gasteiger partial charge in [0, 0.05) is 18.6 Å². The Morgan fingerprint density at radius 3 is 1.93 bits per heavy atom. The summed E-state index contributed by atoms with van der Waals surface area (Å²) >= 11 is 5.36. The van der Waals surface area contributed by atoms with E-state index in [0.717, 1.165) is 11.7 Å². The van der Waals surface area contributed by atoms with Gasteiger partial charge >= 0.3 is 0 Å². The Kier molecular flexibility index (Phi) is 6.09. The highest BCUT2D eigenvalue weighted by Crippen LogP contribution is 2.05. The summed E-state index contributed by atoms with van der Waals surface area (Å²) in [4.78, 5) is 2.25. The van der Waals surface area contributed by atoms with Gasteiger partial charge in [-0.25, -0.2) is 0 Å². The molecule has 0 unspecified atom stereocenters. The lowest BCUT2D eigenvalue weighted by Gasteiger charge is -2.32. The zero-order chi connectivity index (χ0) is 11.3. The first-order chi connectivity index (χ1) is 6.34. The van der Waals surface area contributed by atoms with Crippen LogP contribution < -0.4 is 5.32 Å². The quantitative estimate of drug-likeness (QED) is 0.727. The molecule has 0 fully saturated rings. The molecule has 0 radical (unpaired) electrons. The number of nitrogens with zero attached hydrogens (tertiary/aromatic N) is 1. The van der Waals surface area contributed by atoms with Crippen molar-refractivity contribution >= 4 is 17.3 Å². The van der Waals surface area contributed by atoms with E-state index in [1.807, 2.05) is 0 Å². The van der Waals surface area contributed by atoms with Crippen LogP contribution in [-0.2, 0) is 0 Å². The lowest BCUT2D eigenvalue weighted by Crippen LogP contribution is -2.47. The van der Waals surface area contributed by atoms with Crippen LogP contribution in [0.4, 0.5) is 0 Å². The Morgan fingerprint density at radius 1 is 1.14 bits per heavy atom. The highest BCUT2D eigenvalue weighted by atomic mass is 32.1. The highest BCUT2D eigenvalue weighted by Gasteiger charge is 2.14. The van der Waals surface area contributed by atoms with Crippen LogP contribution in [0.1, 0.15) is 41.5 Å². The van der Waals surface area contributed by atoms with Gasteiger partial charge in [0.25, 0.3) is 0 Å². The van der Waals surface area contributed by atoms with E-state index >= 15 is 0 Å². The number of hydrogen-bond donors (Lipinski definition) is 1. The van der Waals surface area contributed by atoms with Crippen molar-refractivity contribution in [1.29, 1.82) is 0 Å². The van der Waals surface area contributed by atoms with Gasteiger partial charge in [0.05, 0.1) is 0 Å². The molecule has 0 saturated carbocycles. The van der Waals surface area contributed by atoms with Crippen LogP contribution in [0.15, 0.2) is 0 Å². The Bertz CT molecular complexity index is 176. The van der Waals surface area contributed by atoms with Gasteiger partial charge in [0.2, 0.25) is 0 Å². The Balaban J connectivity index is 4.26. The first-order valence-corrected chi connectivity index (χ1v) is 5.82. The molecule has 0 aromatic heterocycles. The average molecular weight is 216 g/mol. The molecule has 1 N–H and O–H groups in total. The second-order valence-corrected chi connectivity index (χ2v) is 5.13. The summed E-state index contributed by atoms with van der Waals surface area (Å²) < 4.78 is 0. The third-order valence-corrected chi connectivity index (χ3v) is 2.21. The van der Waals surface area contributed by atoms with Crippen LogP contribution in [0.25, 0.3) is 0 Å². The van der Waals surface area contributed by atoms with Gasteiger partial charge in [0.15, 0.2) is 5.11 Å². The molecule has 0 aliphatic carbocycles. The van der Waals surface area contributed by atoms with E-state index in [2.05, 4.69) is 51.8 Å². The summed E-state index contributed by atoms with van der Waals surface area (Å²) in [5.41, 5.74) is 0. The van der Waals surface area contributed by atoms with Gasteiger partial charge < -0.3 is 10.2 Å². The number of thiocarbonyl (C=S) groups is 1. The normalized spacial score (nSPS) is 11.2. The second-order valence-electron chi connectivity index (χ2n) is 4.74. The van der Waals surface area contributed by atoms with Gasteiger partial charge in [-0.3, -0.25) is 0 Å². The Hall–Kier alpha value is -0.310. The molecule has 0 aliphatic heterocycles. The average Bonchev–Trinajstić information content (AvgIpc) is 1.97. The number of hydrogen-bond acceptors (Lipinski definition) is 1. The molecule has 0 rings (SSSR count). The molecule has 0 aliphatic rings. The molecule has 0 saturated heterocycles. The summed E-state index contributed by atoms with van der Waals surface area (Å²) in [6.07, 6.45) is 0. The minimum absolute atomic E-state index is 0.413. The first kappa shape index (κ1) is 13.7. The van der Waals surface area contributed by atoms with Gasteiger partial charge in [-0.1, -0.05) is 13.8 Å². The molecule has 84 valence electrons. The zero-order valence-corrected chi connectivity index (χ0v) is 11.1. The SMILES string of the molecule is CC(C)CN(C(=S)NC(C)C)C(C)C. The number of rotatable bonds is 4. The van der Waals surface area contributed by atoms with E-state index in [1.165, 1.54) is 0 Å². The summed E-state index contributed by atoms with van der Waals surface area (Å²) in [6, 6.07) is 0.882. The maximum Gasteiger partial charge on any atom is 0.169 e. The van der Waals surface area contributed by atoms with Crippen molar-refractivity contribution in [2.75, 3.05) is 6.54 Å². The van der Waals surface area contributed by atoms with Crippen LogP contribution in [0.2, 0.25) is 0 Å². The predicted molar refractivity (Wildman–Crippen MR) is 67.5 cm³/mol. The lowest BCUT2D eigenvalue weighted by atomic mass is 10.2. The fourth-order valence-electron chi connectivity index (χ4n) is 1.25. The van der Waals surface area contributed by atoms with Crippen molar-refractivity contribution < 1.29 is 0 Å². The van der Waals surface area contributed by atoms with Gasteiger partial charge in [0.1, 0.15) is 0 Å². The van der Waals surface area contributed by atoms with Crippen molar-refractivity contribution in [3.63, 3.8) is 0 Å². The zero-order valence-electron chi connectivity index (χ0n) is 10.3. The number of nitrogens with one attached hydrogen (secondary N) is 1. The molecule has 0 amide bonds. The van der Waals surface area contributed by atoms with E-state index in [0.29, 0.717) is 18.0 Å². The van der Waals surface area contributed by atoms with E-state index in [4.69, 9.17) is 12.2 Å². The van der Waals surface area contributed by atoms with Crippen LogP contribution in [0.5, 0.6) is 0 Å². The lowest BCUT2D eigenvalue weighted by molar-refractivity contribution is 0.305. The standard InChI is InChI=1S/C11H24N2S/c1-8(2)7-13(10(5)6)11(14)12-9(3)4/h8-10H,7H2,1-6H3,(H,12,14). The van der Waals surface area contributed by atoms with Crippen LogP contribution in [0, 0.1) is 5.92 Å². The minimum atomic E-state index is 0.413. The largest absolute Gasteiger partial charge is 0.360 e. The van der Waals surface area contributed by atoms with E-state index in [-0.39, 0.29) is 0 Å². The molecule has 0 aromatic carbocycles. The smallest absolute Gasteiger partial charge is 0.169 e. The summed E-state index contributed by atoms with van der Waals surface area (Å²) in [5.74, 6) is 0.643. The van der Waals surface area contributed by atoms with Crippen molar-refractivity contribution in [3.05, 3.63) is 0 Å². The first-order valence-electron chi connectivity index (χ1n) is 5.41. The predicted octanol–water partition coefficient (Wildman–Crippen LogP) is 2.64. The van der Waals surface area contributed by atoms with E-state index in [1.54, 1.807) is 0 Å². The molecule has 2 nitrogen and oxygen atoms in total. The Morgan fingerprint density at radius 2 is 1.64 bits per heavy atom. The maximum absolute atomic E-state index is 5.36.